The SMILES string of the molecule is COC1CCC2(CC1)NC(=O)C(Cl)(c1c(C)cc(C)c(Cl)c1C)C2=O. The van der Waals surface area contributed by atoms with Gasteiger partial charge in [-0.05, 0) is 68.7 Å². The summed E-state index contributed by atoms with van der Waals surface area (Å²) in [4.78, 5) is 24.6. The van der Waals surface area contributed by atoms with E-state index in [0.717, 1.165) is 24.0 Å². The third-order valence-corrected chi connectivity index (χ3v) is 6.87. The second-order valence-electron chi connectivity index (χ2n) is 7.28. The lowest BCUT2D eigenvalue weighted by Crippen LogP contribution is -2.50. The number of ether oxygens (including phenoxy) is 1. The van der Waals surface area contributed by atoms with Crippen molar-refractivity contribution in [1.82, 2.24) is 5.32 Å². The van der Waals surface area contributed by atoms with E-state index in [1.807, 2.05) is 26.8 Å². The van der Waals surface area contributed by atoms with Crippen molar-refractivity contribution >= 4 is 34.9 Å². The zero-order valence-corrected chi connectivity index (χ0v) is 16.5. The van der Waals surface area contributed by atoms with Crippen molar-refractivity contribution in [3.05, 3.63) is 33.3 Å². The number of methoxy groups -OCH3 is 1. The molecule has 3 rings (SSSR count). The third-order valence-electron chi connectivity index (χ3n) is 5.76. The van der Waals surface area contributed by atoms with Crippen molar-refractivity contribution in [3.8, 4) is 0 Å². The first-order valence-electron chi connectivity index (χ1n) is 8.53. The van der Waals surface area contributed by atoms with Crippen LogP contribution in [0.5, 0.6) is 0 Å². The highest BCUT2D eigenvalue weighted by Crippen LogP contribution is 2.48. The van der Waals surface area contributed by atoms with E-state index < -0.39 is 16.3 Å². The molecule has 1 aliphatic heterocycles. The van der Waals surface area contributed by atoms with Gasteiger partial charge in [-0.3, -0.25) is 9.59 Å². The number of hydrogen-bond donors (Lipinski definition) is 1. The van der Waals surface area contributed by atoms with Gasteiger partial charge in [-0.1, -0.05) is 29.3 Å². The molecule has 1 aromatic rings. The second kappa shape index (κ2) is 6.26. The largest absolute Gasteiger partial charge is 0.381 e. The van der Waals surface area contributed by atoms with Crippen LogP contribution in [0.2, 0.25) is 5.02 Å². The summed E-state index contributed by atoms with van der Waals surface area (Å²) in [5.41, 5.74) is 2.03. The van der Waals surface area contributed by atoms with E-state index in [1.54, 1.807) is 7.11 Å². The number of halogens is 2. The van der Waals surface area contributed by atoms with E-state index in [2.05, 4.69) is 5.32 Å². The van der Waals surface area contributed by atoms with Gasteiger partial charge in [0.05, 0.1) is 6.10 Å². The molecule has 2 aliphatic rings. The lowest BCUT2D eigenvalue weighted by molar-refractivity contribution is -0.128. The van der Waals surface area contributed by atoms with Crippen LogP contribution >= 0.6 is 23.2 Å². The van der Waals surface area contributed by atoms with Gasteiger partial charge in [0.2, 0.25) is 4.87 Å². The normalized spacial score (nSPS) is 32.3. The highest BCUT2D eigenvalue weighted by atomic mass is 35.5. The summed E-state index contributed by atoms with van der Waals surface area (Å²) in [5, 5.41) is 3.47. The molecule has 6 heteroatoms. The molecule has 1 spiro atoms. The topological polar surface area (TPSA) is 55.4 Å². The molecule has 1 unspecified atom stereocenters. The van der Waals surface area contributed by atoms with Gasteiger partial charge in [0.15, 0.2) is 5.78 Å². The maximum Gasteiger partial charge on any atom is 0.254 e. The summed E-state index contributed by atoms with van der Waals surface area (Å²) < 4.78 is 5.39. The number of hydrogen-bond acceptors (Lipinski definition) is 3. The smallest absolute Gasteiger partial charge is 0.254 e. The molecule has 1 saturated heterocycles. The highest BCUT2D eigenvalue weighted by molar-refractivity contribution is 6.50. The van der Waals surface area contributed by atoms with Crippen LogP contribution in [0, 0.1) is 20.8 Å². The molecular weight excluding hydrogens is 361 g/mol. The minimum absolute atomic E-state index is 0.123. The van der Waals surface area contributed by atoms with E-state index in [1.165, 1.54) is 0 Å². The molecule has 1 aliphatic carbocycles. The Kier molecular flexibility index (Phi) is 4.68. The maximum atomic E-state index is 13.4. The van der Waals surface area contributed by atoms with Crippen molar-refractivity contribution in [3.63, 3.8) is 0 Å². The Bertz CT molecular complexity index is 754. The zero-order chi connectivity index (χ0) is 18.6. The quantitative estimate of drug-likeness (QED) is 0.625. The van der Waals surface area contributed by atoms with Gasteiger partial charge in [0.25, 0.3) is 5.91 Å². The number of alkyl halides is 1. The molecule has 4 nitrogen and oxygen atoms in total. The van der Waals surface area contributed by atoms with Crippen molar-refractivity contribution in [2.24, 2.45) is 0 Å². The first kappa shape index (κ1) is 18.7. The monoisotopic (exact) mass is 383 g/mol. The zero-order valence-electron chi connectivity index (χ0n) is 15.0. The molecule has 2 fully saturated rings. The average molecular weight is 384 g/mol. The molecule has 1 N–H and O–H groups in total. The first-order valence-corrected chi connectivity index (χ1v) is 9.29. The van der Waals surface area contributed by atoms with Gasteiger partial charge >= 0.3 is 0 Å². The number of amides is 1. The van der Waals surface area contributed by atoms with Crippen LogP contribution in [-0.2, 0) is 19.2 Å². The van der Waals surface area contributed by atoms with Crippen molar-refractivity contribution < 1.29 is 14.3 Å². The van der Waals surface area contributed by atoms with E-state index in [0.29, 0.717) is 29.0 Å². The molecule has 0 aromatic heterocycles. The number of benzene rings is 1. The van der Waals surface area contributed by atoms with Gasteiger partial charge in [-0.25, -0.2) is 0 Å². The van der Waals surface area contributed by atoms with E-state index in [-0.39, 0.29) is 11.9 Å². The molecule has 0 bridgehead atoms. The Morgan fingerprint density at radius 2 is 1.76 bits per heavy atom. The number of nitrogens with one attached hydrogen (secondary N) is 1. The van der Waals surface area contributed by atoms with Crippen LogP contribution in [0.1, 0.15) is 47.9 Å². The number of carbonyl (C=O) groups is 2. The maximum absolute atomic E-state index is 13.4. The van der Waals surface area contributed by atoms with Gasteiger partial charge in [0, 0.05) is 12.1 Å². The molecule has 1 amide bonds. The Hall–Kier alpha value is -1.10. The lowest BCUT2D eigenvalue weighted by Gasteiger charge is -2.35. The van der Waals surface area contributed by atoms with Crippen molar-refractivity contribution in [1.29, 1.82) is 0 Å². The highest BCUT2D eigenvalue weighted by Gasteiger charge is 2.63. The Labute approximate surface area is 158 Å². The molecule has 1 heterocycles. The summed E-state index contributed by atoms with van der Waals surface area (Å²) in [6.45, 7) is 5.58. The molecule has 136 valence electrons. The molecular formula is C19H23Cl2NO3. The summed E-state index contributed by atoms with van der Waals surface area (Å²) in [7, 11) is 1.67. The minimum Gasteiger partial charge on any atom is -0.381 e. The summed E-state index contributed by atoms with van der Waals surface area (Å²) >= 11 is 13.2. The predicted molar refractivity (Wildman–Crippen MR) is 98.3 cm³/mol. The fraction of sp³-hybridized carbons (Fsp3) is 0.579. The van der Waals surface area contributed by atoms with E-state index in [4.69, 9.17) is 27.9 Å². The fourth-order valence-electron chi connectivity index (χ4n) is 4.38. The van der Waals surface area contributed by atoms with Crippen LogP contribution in [0.15, 0.2) is 6.07 Å². The van der Waals surface area contributed by atoms with Gasteiger partial charge in [-0.2, -0.15) is 0 Å². The Morgan fingerprint density at radius 3 is 2.32 bits per heavy atom. The van der Waals surface area contributed by atoms with Crippen LogP contribution < -0.4 is 5.32 Å². The number of Topliss-reactive ketones (excluding diaryl/α,β-unsaturated/α-hetero) is 1. The molecule has 1 atom stereocenters. The Morgan fingerprint density at radius 1 is 1.16 bits per heavy atom. The molecule has 0 radical (unpaired) electrons. The number of aryl methyl sites for hydroxylation is 2. The predicted octanol–water partition coefficient (Wildman–Crippen LogP) is 3.73. The van der Waals surface area contributed by atoms with Gasteiger partial charge < -0.3 is 10.1 Å². The minimum atomic E-state index is -1.72. The summed E-state index contributed by atoms with van der Waals surface area (Å²) in [5.74, 6) is -0.700. The van der Waals surface area contributed by atoms with E-state index >= 15 is 0 Å². The molecule has 25 heavy (non-hydrogen) atoms. The average Bonchev–Trinajstić information content (AvgIpc) is 2.75. The third kappa shape index (κ3) is 2.61. The summed E-state index contributed by atoms with van der Waals surface area (Å²) in [6.07, 6.45) is 2.66. The van der Waals surface area contributed by atoms with Crippen LogP contribution in [0.25, 0.3) is 0 Å². The molecule has 1 saturated carbocycles. The van der Waals surface area contributed by atoms with Crippen LogP contribution in [0.4, 0.5) is 0 Å². The van der Waals surface area contributed by atoms with Crippen LogP contribution in [0.3, 0.4) is 0 Å². The summed E-state index contributed by atoms with van der Waals surface area (Å²) in [6, 6.07) is 1.88. The Balaban J connectivity index is 2.08. The number of carbonyl (C=O) groups excluding carboxylic acids is 2. The fourth-order valence-corrected chi connectivity index (χ4v) is 5.05. The first-order chi connectivity index (χ1) is 11.7. The standard InChI is InChI=1S/C19H23Cl2NO3/c1-10-9-11(2)15(20)12(3)14(10)19(21)16(23)18(22-17(19)24)7-5-13(25-4)6-8-18/h9,13H,5-8H2,1-4H3,(H,22,24). The van der Waals surface area contributed by atoms with Crippen molar-refractivity contribution in [2.75, 3.05) is 7.11 Å². The number of ketones is 1. The number of rotatable bonds is 2. The lowest BCUT2D eigenvalue weighted by atomic mass is 9.74. The van der Waals surface area contributed by atoms with Gasteiger partial charge in [-0.15, -0.1) is 0 Å². The van der Waals surface area contributed by atoms with Crippen molar-refractivity contribution in [2.45, 2.75) is 63.0 Å². The van der Waals surface area contributed by atoms with E-state index in [9.17, 15) is 9.59 Å². The van der Waals surface area contributed by atoms with Gasteiger partial charge in [0.1, 0.15) is 5.54 Å². The van der Waals surface area contributed by atoms with Crippen LogP contribution in [-0.4, -0.2) is 30.4 Å². The second-order valence-corrected chi connectivity index (χ2v) is 8.23. The molecule has 1 aromatic carbocycles.